The van der Waals surface area contributed by atoms with E-state index in [1.165, 1.54) is 0 Å². The lowest BCUT2D eigenvalue weighted by atomic mass is 10.1. The van der Waals surface area contributed by atoms with Crippen LogP contribution in [0.15, 0.2) is 0 Å². The van der Waals surface area contributed by atoms with Crippen molar-refractivity contribution in [3.05, 3.63) is 0 Å². The molecule has 0 aromatic rings. The summed E-state index contributed by atoms with van der Waals surface area (Å²) in [4.78, 5) is 0. The number of alkyl halides is 2. The standard InChI is InChI=1S/C10H21F2NO/c1-5-8(14-7-9(11)12)6-13-10(2,3)4/h8-9,13H,5-7H2,1-4H3. The van der Waals surface area contributed by atoms with E-state index in [-0.39, 0.29) is 11.6 Å². The zero-order valence-corrected chi connectivity index (χ0v) is 9.44. The highest BCUT2D eigenvalue weighted by atomic mass is 19.3. The second-order valence-electron chi connectivity index (χ2n) is 4.39. The molecule has 1 atom stereocenters. The first-order chi connectivity index (χ1) is 6.35. The summed E-state index contributed by atoms with van der Waals surface area (Å²) in [6.45, 7) is 8.18. The number of ether oxygens (including phenoxy) is 1. The van der Waals surface area contributed by atoms with Gasteiger partial charge in [-0.15, -0.1) is 0 Å². The van der Waals surface area contributed by atoms with Crippen molar-refractivity contribution in [2.45, 2.75) is 52.2 Å². The molecule has 0 aliphatic rings. The molecule has 0 radical (unpaired) electrons. The van der Waals surface area contributed by atoms with Crippen molar-refractivity contribution in [3.8, 4) is 0 Å². The monoisotopic (exact) mass is 209 g/mol. The number of halogens is 2. The first kappa shape index (κ1) is 13.8. The van der Waals surface area contributed by atoms with E-state index >= 15 is 0 Å². The van der Waals surface area contributed by atoms with Crippen LogP contribution in [0.2, 0.25) is 0 Å². The van der Waals surface area contributed by atoms with Crippen LogP contribution in [-0.4, -0.2) is 31.2 Å². The lowest BCUT2D eigenvalue weighted by molar-refractivity contribution is -0.0261. The molecule has 0 aromatic heterocycles. The first-order valence-electron chi connectivity index (χ1n) is 5.00. The van der Waals surface area contributed by atoms with E-state index in [4.69, 9.17) is 4.74 Å². The smallest absolute Gasteiger partial charge is 0.261 e. The van der Waals surface area contributed by atoms with Crippen LogP contribution in [0, 0.1) is 0 Å². The zero-order valence-electron chi connectivity index (χ0n) is 9.44. The van der Waals surface area contributed by atoms with Crippen molar-refractivity contribution < 1.29 is 13.5 Å². The summed E-state index contributed by atoms with van der Waals surface area (Å²) in [6.07, 6.45) is -1.75. The van der Waals surface area contributed by atoms with Gasteiger partial charge in [-0.2, -0.15) is 0 Å². The maximum atomic E-state index is 11.9. The SMILES string of the molecule is CCC(CNC(C)(C)C)OCC(F)F. The molecule has 0 rings (SSSR count). The molecule has 0 aliphatic carbocycles. The Labute approximate surface area is 85.0 Å². The van der Waals surface area contributed by atoms with Crippen molar-refractivity contribution in [1.29, 1.82) is 0 Å². The minimum absolute atomic E-state index is 0.00160. The molecule has 0 saturated carbocycles. The van der Waals surface area contributed by atoms with Gasteiger partial charge < -0.3 is 10.1 Å². The third kappa shape index (κ3) is 8.38. The van der Waals surface area contributed by atoms with Gasteiger partial charge >= 0.3 is 0 Å². The molecule has 2 nitrogen and oxygen atoms in total. The molecule has 1 unspecified atom stereocenters. The highest BCUT2D eigenvalue weighted by Gasteiger charge is 2.14. The summed E-state index contributed by atoms with van der Waals surface area (Å²) in [5, 5.41) is 3.23. The minimum atomic E-state index is -2.38. The molecule has 0 saturated heterocycles. The average Bonchev–Trinajstić information content (AvgIpc) is 2.02. The van der Waals surface area contributed by atoms with E-state index in [0.29, 0.717) is 6.54 Å². The summed E-state index contributed by atoms with van der Waals surface area (Å²) in [5.41, 5.74) is 0.00160. The molecule has 0 spiro atoms. The Hall–Kier alpha value is -0.220. The fourth-order valence-electron chi connectivity index (χ4n) is 0.950. The van der Waals surface area contributed by atoms with Crippen LogP contribution >= 0.6 is 0 Å². The molecule has 14 heavy (non-hydrogen) atoms. The lowest BCUT2D eigenvalue weighted by Gasteiger charge is -2.24. The van der Waals surface area contributed by atoms with Gasteiger partial charge in [0.05, 0.1) is 6.10 Å². The molecule has 4 heteroatoms. The van der Waals surface area contributed by atoms with Crippen molar-refractivity contribution in [3.63, 3.8) is 0 Å². The summed E-state index contributed by atoms with van der Waals surface area (Å²) in [6, 6.07) is 0. The quantitative estimate of drug-likeness (QED) is 0.725. The molecule has 86 valence electrons. The number of nitrogens with one attached hydrogen (secondary N) is 1. The van der Waals surface area contributed by atoms with E-state index in [1.807, 2.05) is 27.7 Å². The Morgan fingerprint density at radius 3 is 2.21 bits per heavy atom. The van der Waals surface area contributed by atoms with E-state index in [1.54, 1.807) is 0 Å². The predicted octanol–water partition coefficient (Wildman–Crippen LogP) is 2.43. The maximum absolute atomic E-state index is 11.9. The summed E-state index contributed by atoms with van der Waals surface area (Å²) in [7, 11) is 0. The third-order valence-corrected chi connectivity index (χ3v) is 1.77. The number of hydrogen-bond acceptors (Lipinski definition) is 2. The van der Waals surface area contributed by atoms with Gasteiger partial charge in [-0.05, 0) is 27.2 Å². The van der Waals surface area contributed by atoms with Crippen molar-refractivity contribution >= 4 is 0 Å². The normalized spacial score (nSPS) is 14.8. The van der Waals surface area contributed by atoms with Gasteiger partial charge in [-0.3, -0.25) is 0 Å². The number of rotatable bonds is 6. The Bertz CT molecular complexity index is 146. The van der Waals surface area contributed by atoms with Crippen LogP contribution in [0.3, 0.4) is 0 Å². The second kappa shape index (κ2) is 6.30. The fraction of sp³-hybridized carbons (Fsp3) is 1.00. The van der Waals surface area contributed by atoms with Crippen molar-refractivity contribution in [2.24, 2.45) is 0 Å². The van der Waals surface area contributed by atoms with E-state index in [9.17, 15) is 8.78 Å². The molecular formula is C10H21F2NO. The molecule has 1 N–H and O–H groups in total. The molecular weight excluding hydrogens is 188 g/mol. The van der Waals surface area contributed by atoms with Crippen LogP contribution < -0.4 is 5.32 Å². The molecule has 0 heterocycles. The fourth-order valence-corrected chi connectivity index (χ4v) is 0.950. The van der Waals surface area contributed by atoms with Crippen molar-refractivity contribution in [2.75, 3.05) is 13.2 Å². The van der Waals surface area contributed by atoms with E-state index in [0.717, 1.165) is 6.42 Å². The molecule has 0 amide bonds. The molecule has 0 bridgehead atoms. The van der Waals surface area contributed by atoms with Gasteiger partial charge in [-0.1, -0.05) is 6.92 Å². The lowest BCUT2D eigenvalue weighted by Crippen LogP contribution is -2.41. The van der Waals surface area contributed by atoms with Crippen LogP contribution in [0.25, 0.3) is 0 Å². The maximum Gasteiger partial charge on any atom is 0.261 e. The Balaban J connectivity index is 3.69. The van der Waals surface area contributed by atoms with Crippen molar-refractivity contribution in [1.82, 2.24) is 5.32 Å². The topological polar surface area (TPSA) is 21.3 Å². The Morgan fingerprint density at radius 2 is 1.86 bits per heavy atom. The Morgan fingerprint density at radius 1 is 1.29 bits per heavy atom. The third-order valence-electron chi connectivity index (χ3n) is 1.77. The van der Waals surface area contributed by atoms with Crippen LogP contribution in [-0.2, 0) is 4.74 Å². The molecule has 0 aliphatic heterocycles. The van der Waals surface area contributed by atoms with Gasteiger partial charge in [-0.25, -0.2) is 8.78 Å². The van der Waals surface area contributed by atoms with Crippen LogP contribution in [0.5, 0.6) is 0 Å². The highest BCUT2D eigenvalue weighted by Crippen LogP contribution is 2.04. The van der Waals surface area contributed by atoms with Gasteiger partial charge in [0.2, 0.25) is 0 Å². The summed E-state index contributed by atoms with van der Waals surface area (Å²) >= 11 is 0. The van der Waals surface area contributed by atoms with Gasteiger partial charge in [0, 0.05) is 12.1 Å². The predicted molar refractivity (Wildman–Crippen MR) is 53.8 cm³/mol. The van der Waals surface area contributed by atoms with Crippen LogP contribution in [0.4, 0.5) is 8.78 Å². The summed E-state index contributed by atoms with van der Waals surface area (Å²) < 4.78 is 28.8. The summed E-state index contributed by atoms with van der Waals surface area (Å²) in [5.74, 6) is 0. The first-order valence-corrected chi connectivity index (χ1v) is 5.00. The Kier molecular flexibility index (Phi) is 6.20. The number of hydrogen-bond donors (Lipinski definition) is 1. The van der Waals surface area contributed by atoms with Gasteiger partial charge in [0.15, 0.2) is 0 Å². The van der Waals surface area contributed by atoms with Gasteiger partial charge in [0.25, 0.3) is 6.43 Å². The largest absolute Gasteiger partial charge is 0.371 e. The molecule has 0 aromatic carbocycles. The highest BCUT2D eigenvalue weighted by molar-refractivity contribution is 4.73. The van der Waals surface area contributed by atoms with Gasteiger partial charge in [0.1, 0.15) is 6.61 Å². The van der Waals surface area contributed by atoms with E-state index < -0.39 is 13.0 Å². The second-order valence-corrected chi connectivity index (χ2v) is 4.39. The molecule has 0 fully saturated rings. The van der Waals surface area contributed by atoms with E-state index in [2.05, 4.69) is 5.32 Å². The average molecular weight is 209 g/mol. The van der Waals surface area contributed by atoms with Crippen LogP contribution in [0.1, 0.15) is 34.1 Å². The minimum Gasteiger partial charge on any atom is -0.371 e. The zero-order chi connectivity index (χ0) is 11.2.